The van der Waals surface area contributed by atoms with Gasteiger partial charge in [0.15, 0.2) is 0 Å². The predicted octanol–water partition coefficient (Wildman–Crippen LogP) is 4.57. The number of hydrogen-bond acceptors (Lipinski definition) is 5. The number of aryl methyl sites for hydroxylation is 5. The van der Waals surface area contributed by atoms with Crippen molar-refractivity contribution in [1.29, 1.82) is 0 Å². The van der Waals surface area contributed by atoms with Gasteiger partial charge in [-0.15, -0.1) is 0 Å². The van der Waals surface area contributed by atoms with E-state index < -0.39 is 0 Å². The molecule has 0 saturated carbocycles. The Labute approximate surface area is 186 Å². The first-order chi connectivity index (χ1) is 15.4. The van der Waals surface area contributed by atoms with E-state index >= 15 is 0 Å². The van der Waals surface area contributed by atoms with Crippen molar-refractivity contribution in [3.63, 3.8) is 0 Å². The van der Waals surface area contributed by atoms with Crippen LogP contribution >= 0.6 is 0 Å². The van der Waals surface area contributed by atoms with Crippen LogP contribution in [0.3, 0.4) is 0 Å². The minimum atomic E-state index is -0.352. The van der Waals surface area contributed by atoms with Crippen LogP contribution in [0.5, 0.6) is 0 Å². The first kappa shape index (κ1) is 21.5. The molecule has 1 N–H and O–H groups in total. The molecular weight excluding hydrogens is 404 g/mol. The normalized spacial score (nSPS) is 11.1. The molecule has 2 aromatic heterocycles. The second-order valence-electron chi connectivity index (χ2n) is 8.07. The van der Waals surface area contributed by atoms with Crippen molar-refractivity contribution in [2.45, 2.75) is 47.1 Å². The molecule has 0 unspecified atom stereocenters. The number of carbonyl (C=O) groups is 1. The standard InChI is InChI=1S/C25H26N4O3/c1-5-18-6-8-19(9-7-18)22-23-24(32-28-22)25(31)29(14-26-23)11-10-20(30)27-21-16(3)12-15(2)13-17(21)4/h6-9,12-14H,5,10-11H2,1-4H3,(H,27,30). The largest absolute Gasteiger partial charge is 0.348 e. The summed E-state index contributed by atoms with van der Waals surface area (Å²) < 4.78 is 6.71. The maximum Gasteiger partial charge on any atom is 0.299 e. The van der Waals surface area contributed by atoms with Crippen LogP contribution in [0.2, 0.25) is 0 Å². The van der Waals surface area contributed by atoms with E-state index in [1.165, 1.54) is 16.5 Å². The summed E-state index contributed by atoms with van der Waals surface area (Å²) in [6, 6.07) is 12.0. The van der Waals surface area contributed by atoms with Gasteiger partial charge < -0.3 is 9.84 Å². The summed E-state index contributed by atoms with van der Waals surface area (Å²) in [7, 11) is 0. The van der Waals surface area contributed by atoms with E-state index in [1.54, 1.807) is 0 Å². The molecule has 32 heavy (non-hydrogen) atoms. The molecule has 4 rings (SSSR count). The lowest BCUT2D eigenvalue weighted by Crippen LogP contribution is -2.23. The number of aromatic nitrogens is 3. The monoisotopic (exact) mass is 430 g/mol. The third kappa shape index (κ3) is 4.19. The highest BCUT2D eigenvalue weighted by atomic mass is 16.5. The molecule has 0 saturated heterocycles. The van der Waals surface area contributed by atoms with Gasteiger partial charge in [-0.1, -0.05) is 54.0 Å². The summed E-state index contributed by atoms with van der Waals surface area (Å²) in [5.74, 6) is -0.165. The van der Waals surface area contributed by atoms with E-state index in [0.717, 1.165) is 34.4 Å². The zero-order valence-electron chi connectivity index (χ0n) is 18.7. The van der Waals surface area contributed by atoms with Crippen molar-refractivity contribution in [2.75, 3.05) is 5.32 Å². The molecule has 0 atom stereocenters. The van der Waals surface area contributed by atoms with Crippen LogP contribution in [0.15, 0.2) is 52.0 Å². The lowest BCUT2D eigenvalue weighted by atomic mass is 10.1. The summed E-state index contributed by atoms with van der Waals surface area (Å²) in [6.45, 7) is 8.24. The van der Waals surface area contributed by atoms with Gasteiger partial charge in [0.2, 0.25) is 5.91 Å². The Balaban J connectivity index is 1.51. The van der Waals surface area contributed by atoms with Crippen LogP contribution in [-0.2, 0) is 17.8 Å². The van der Waals surface area contributed by atoms with E-state index in [4.69, 9.17) is 4.52 Å². The molecule has 0 aliphatic heterocycles. The number of anilines is 1. The highest BCUT2D eigenvalue weighted by molar-refractivity contribution is 5.92. The fourth-order valence-electron chi connectivity index (χ4n) is 3.90. The highest BCUT2D eigenvalue weighted by Gasteiger charge is 2.17. The van der Waals surface area contributed by atoms with Crippen LogP contribution in [0.25, 0.3) is 22.4 Å². The molecule has 0 bridgehead atoms. The predicted molar refractivity (Wildman–Crippen MR) is 125 cm³/mol. The van der Waals surface area contributed by atoms with Gasteiger partial charge in [-0.05, 0) is 43.9 Å². The van der Waals surface area contributed by atoms with Crippen molar-refractivity contribution in [1.82, 2.24) is 14.7 Å². The molecule has 0 spiro atoms. The van der Waals surface area contributed by atoms with Crippen molar-refractivity contribution in [3.8, 4) is 11.3 Å². The number of hydrogen-bond donors (Lipinski definition) is 1. The van der Waals surface area contributed by atoms with Crippen LogP contribution in [-0.4, -0.2) is 20.6 Å². The van der Waals surface area contributed by atoms with Gasteiger partial charge in [0, 0.05) is 24.2 Å². The molecule has 164 valence electrons. The molecule has 7 heteroatoms. The van der Waals surface area contributed by atoms with Crippen LogP contribution in [0, 0.1) is 20.8 Å². The lowest BCUT2D eigenvalue weighted by Gasteiger charge is -2.13. The van der Waals surface area contributed by atoms with Crippen molar-refractivity contribution in [3.05, 3.63) is 75.3 Å². The summed E-state index contributed by atoms with van der Waals surface area (Å²) in [5.41, 5.74) is 6.74. The topological polar surface area (TPSA) is 90.0 Å². The maximum absolute atomic E-state index is 12.8. The first-order valence-corrected chi connectivity index (χ1v) is 10.7. The van der Waals surface area contributed by atoms with Gasteiger partial charge in [0.25, 0.3) is 11.1 Å². The molecular formula is C25H26N4O3. The second kappa shape index (κ2) is 8.78. The van der Waals surface area contributed by atoms with Gasteiger partial charge in [-0.2, -0.15) is 0 Å². The van der Waals surface area contributed by atoms with Crippen molar-refractivity contribution < 1.29 is 9.32 Å². The first-order valence-electron chi connectivity index (χ1n) is 10.7. The number of amides is 1. The zero-order chi connectivity index (χ0) is 22.8. The van der Waals surface area contributed by atoms with Gasteiger partial charge in [0.1, 0.15) is 11.2 Å². The average molecular weight is 431 g/mol. The van der Waals surface area contributed by atoms with E-state index in [9.17, 15) is 9.59 Å². The zero-order valence-corrected chi connectivity index (χ0v) is 18.7. The van der Waals surface area contributed by atoms with E-state index in [1.807, 2.05) is 57.2 Å². The third-order valence-corrected chi connectivity index (χ3v) is 5.61. The van der Waals surface area contributed by atoms with E-state index in [0.29, 0.717) is 11.2 Å². The van der Waals surface area contributed by atoms with E-state index in [-0.39, 0.29) is 30.0 Å². The van der Waals surface area contributed by atoms with Gasteiger partial charge in [0.05, 0.1) is 6.33 Å². The van der Waals surface area contributed by atoms with Gasteiger partial charge in [-0.25, -0.2) is 4.98 Å². The van der Waals surface area contributed by atoms with Gasteiger partial charge in [-0.3, -0.25) is 14.2 Å². The van der Waals surface area contributed by atoms with Crippen molar-refractivity contribution in [2.24, 2.45) is 0 Å². The molecule has 0 radical (unpaired) electrons. The lowest BCUT2D eigenvalue weighted by molar-refractivity contribution is -0.116. The number of benzene rings is 2. The van der Waals surface area contributed by atoms with Gasteiger partial charge >= 0.3 is 0 Å². The van der Waals surface area contributed by atoms with Crippen LogP contribution in [0.1, 0.15) is 35.6 Å². The fraction of sp³-hybridized carbons (Fsp3) is 0.280. The molecule has 0 fully saturated rings. The second-order valence-corrected chi connectivity index (χ2v) is 8.07. The summed E-state index contributed by atoms with van der Waals surface area (Å²) in [4.78, 5) is 29.8. The Hall–Kier alpha value is -3.74. The van der Waals surface area contributed by atoms with E-state index in [2.05, 4.69) is 22.4 Å². The maximum atomic E-state index is 12.8. The number of rotatable bonds is 6. The summed E-state index contributed by atoms with van der Waals surface area (Å²) in [5, 5.41) is 7.03. The van der Waals surface area contributed by atoms with Crippen LogP contribution < -0.4 is 10.9 Å². The SMILES string of the molecule is CCc1ccc(-c2noc3c(=O)n(CCC(=O)Nc4c(C)cc(C)cc4C)cnc23)cc1. The number of fused-ring (bicyclic) bond motifs is 1. The Kier molecular flexibility index (Phi) is 5.90. The molecule has 0 aliphatic rings. The summed E-state index contributed by atoms with van der Waals surface area (Å²) in [6.07, 6.45) is 2.53. The molecule has 2 heterocycles. The molecule has 7 nitrogen and oxygen atoms in total. The summed E-state index contributed by atoms with van der Waals surface area (Å²) >= 11 is 0. The Morgan fingerprint density at radius 3 is 2.44 bits per heavy atom. The van der Waals surface area contributed by atoms with Crippen molar-refractivity contribution >= 4 is 22.7 Å². The third-order valence-electron chi connectivity index (χ3n) is 5.61. The number of nitrogens with one attached hydrogen (secondary N) is 1. The number of carbonyl (C=O) groups excluding carboxylic acids is 1. The quantitative estimate of drug-likeness (QED) is 0.484. The fourth-order valence-corrected chi connectivity index (χ4v) is 3.90. The molecule has 1 amide bonds. The minimum Gasteiger partial charge on any atom is -0.348 e. The molecule has 4 aromatic rings. The highest BCUT2D eigenvalue weighted by Crippen LogP contribution is 2.25. The Morgan fingerprint density at radius 1 is 1.09 bits per heavy atom. The molecule has 2 aromatic carbocycles. The number of nitrogens with zero attached hydrogens (tertiary/aromatic N) is 3. The van der Waals surface area contributed by atoms with Crippen LogP contribution in [0.4, 0.5) is 5.69 Å². The minimum absolute atomic E-state index is 0.0905. The smallest absolute Gasteiger partial charge is 0.299 e. The Morgan fingerprint density at radius 2 is 1.78 bits per heavy atom. The Bertz CT molecular complexity index is 1330. The molecule has 0 aliphatic carbocycles. The average Bonchev–Trinajstić information content (AvgIpc) is 3.21.